The van der Waals surface area contributed by atoms with Gasteiger partial charge in [0, 0.05) is 6.04 Å². The van der Waals surface area contributed by atoms with Crippen molar-refractivity contribution in [2.45, 2.75) is 46.3 Å². The van der Waals surface area contributed by atoms with Crippen LogP contribution < -0.4 is 10.1 Å². The number of aliphatic carboxylic acids is 1. The summed E-state index contributed by atoms with van der Waals surface area (Å²) in [6.07, 6.45) is -0.333. The number of benzene rings is 1. The first-order valence-corrected chi connectivity index (χ1v) is 6.72. The molecule has 2 atom stereocenters. The minimum absolute atomic E-state index is 0.277. The van der Waals surface area contributed by atoms with E-state index in [4.69, 9.17) is 9.84 Å². The second-order valence-corrected chi connectivity index (χ2v) is 4.66. The molecular formula is C15H23NO3. The lowest BCUT2D eigenvalue weighted by Gasteiger charge is -2.18. The minimum atomic E-state index is -0.924. The molecule has 0 heterocycles. The zero-order chi connectivity index (χ0) is 14.4. The Hall–Kier alpha value is -1.55. The molecule has 0 aliphatic rings. The van der Waals surface area contributed by atoms with Crippen molar-refractivity contribution in [3.8, 4) is 5.75 Å². The number of hydrogen-bond acceptors (Lipinski definition) is 3. The minimum Gasteiger partial charge on any atom is -0.479 e. The van der Waals surface area contributed by atoms with Crippen molar-refractivity contribution in [1.82, 2.24) is 5.32 Å². The Morgan fingerprint density at radius 1 is 1.42 bits per heavy atom. The van der Waals surface area contributed by atoms with E-state index in [2.05, 4.69) is 19.2 Å². The van der Waals surface area contributed by atoms with Crippen molar-refractivity contribution >= 4 is 5.97 Å². The number of carboxylic acids is 1. The molecule has 0 spiro atoms. The van der Waals surface area contributed by atoms with Crippen LogP contribution in [0.4, 0.5) is 0 Å². The molecule has 0 fully saturated rings. The summed E-state index contributed by atoms with van der Waals surface area (Å²) >= 11 is 0. The van der Waals surface area contributed by atoms with Crippen molar-refractivity contribution in [2.75, 3.05) is 6.54 Å². The SMILES string of the molecule is CCNC(C)c1ccc(OC(CC)C(=O)O)c(C)c1. The van der Waals surface area contributed by atoms with E-state index in [9.17, 15) is 4.79 Å². The van der Waals surface area contributed by atoms with Crippen molar-refractivity contribution in [2.24, 2.45) is 0 Å². The number of ether oxygens (including phenoxy) is 1. The smallest absolute Gasteiger partial charge is 0.344 e. The molecule has 0 aromatic heterocycles. The van der Waals surface area contributed by atoms with Gasteiger partial charge in [0.15, 0.2) is 6.10 Å². The van der Waals surface area contributed by atoms with Gasteiger partial charge in [-0.05, 0) is 44.0 Å². The molecule has 0 radical (unpaired) electrons. The molecule has 106 valence electrons. The molecule has 4 nitrogen and oxygen atoms in total. The highest BCUT2D eigenvalue weighted by Crippen LogP contribution is 2.24. The van der Waals surface area contributed by atoms with Gasteiger partial charge in [0.25, 0.3) is 0 Å². The summed E-state index contributed by atoms with van der Waals surface area (Å²) in [7, 11) is 0. The van der Waals surface area contributed by atoms with Crippen molar-refractivity contribution in [1.29, 1.82) is 0 Å². The molecule has 0 saturated carbocycles. The van der Waals surface area contributed by atoms with Gasteiger partial charge in [-0.3, -0.25) is 0 Å². The molecule has 1 aromatic carbocycles. The van der Waals surface area contributed by atoms with Crippen molar-refractivity contribution < 1.29 is 14.6 Å². The summed E-state index contributed by atoms with van der Waals surface area (Å²) in [4.78, 5) is 11.0. The highest BCUT2D eigenvalue weighted by atomic mass is 16.5. The zero-order valence-corrected chi connectivity index (χ0v) is 12.1. The summed E-state index contributed by atoms with van der Waals surface area (Å²) in [5.74, 6) is -0.284. The van der Waals surface area contributed by atoms with Gasteiger partial charge in [0.2, 0.25) is 0 Å². The molecule has 0 aliphatic carbocycles. The first-order chi connectivity index (χ1) is 8.99. The number of carboxylic acid groups (broad SMARTS) is 1. The van der Waals surface area contributed by atoms with E-state index in [-0.39, 0.29) is 6.04 Å². The number of nitrogens with one attached hydrogen (secondary N) is 1. The maximum absolute atomic E-state index is 11.0. The summed E-state index contributed by atoms with van der Waals surface area (Å²) in [6.45, 7) is 8.82. The van der Waals surface area contributed by atoms with E-state index in [1.165, 1.54) is 5.56 Å². The van der Waals surface area contributed by atoms with Gasteiger partial charge in [-0.2, -0.15) is 0 Å². The highest BCUT2D eigenvalue weighted by Gasteiger charge is 2.18. The summed E-state index contributed by atoms with van der Waals surface area (Å²) < 4.78 is 5.53. The average molecular weight is 265 g/mol. The van der Waals surface area contributed by atoms with E-state index >= 15 is 0 Å². The molecule has 0 aliphatic heterocycles. The van der Waals surface area contributed by atoms with Gasteiger partial charge in [0.1, 0.15) is 5.75 Å². The van der Waals surface area contributed by atoms with E-state index < -0.39 is 12.1 Å². The zero-order valence-electron chi connectivity index (χ0n) is 12.1. The maximum Gasteiger partial charge on any atom is 0.344 e. The molecule has 0 bridgehead atoms. The fourth-order valence-corrected chi connectivity index (χ4v) is 1.96. The van der Waals surface area contributed by atoms with E-state index in [0.29, 0.717) is 12.2 Å². The number of aryl methyl sites for hydroxylation is 1. The highest BCUT2D eigenvalue weighted by molar-refractivity contribution is 5.72. The van der Waals surface area contributed by atoms with Crippen LogP contribution in [-0.2, 0) is 4.79 Å². The van der Waals surface area contributed by atoms with Crippen LogP contribution in [0.25, 0.3) is 0 Å². The van der Waals surface area contributed by atoms with Crippen LogP contribution >= 0.6 is 0 Å². The molecule has 0 amide bonds. The van der Waals surface area contributed by atoms with Crippen LogP contribution in [-0.4, -0.2) is 23.7 Å². The Morgan fingerprint density at radius 2 is 2.11 bits per heavy atom. The second-order valence-electron chi connectivity index (χ2n) is 4.66. The van der Waals surface area contributed by atoms with Gasteiger partial charge in [-0.1, -0.05) is 26.0 Å². The topological polar surface area (TPSA) is 58.6 Å². The van der Waals surface area contributed by atoms with E-state index in [1.54, 1.807) is 6.92 Å². The number of carbonyl (C=O) groups is 1. The fourth-order valence-electron chi connectivity index (χ4n) is 1.96. The number of hydrogen-bond donors (Lipinski definition) is 2. The van der Waals surface area contributed by atoms with Gasteiger partial charge in [-0.25, -0.2) is 4.79 Å². The molecule has 2 unspecified atom stereocenters. The quantitative estimate of drug-likeness (QED) is 0.796. The lowest BCUT2D eigenvalue weighted by Crippen LogP contribution is -2.26. The molecular weight excluding hydrogens is 242 g/mol. The standard InChI is InChI=1S/C15H23NO3/c1-5-13(15(17)18)19-14-8-7-12(9-10(14)3)11(4)16-6-2/h7-9,11,13,16H,5-6H2,1-4H3,(H,17,18). The third-order valence-electron chi connectivity index (χ3n) is 3.12. The van der Waals surface area contributed by atoms with Crippen LogP contribution in [0.2, 0.25) is 0 Å². The Bertz CT molecular complexity index is 431. The molecule has 4 heteroatoms. The Balaban J connectivity index is 2.85. The predicted octanol–water partition coefficient (Wildman–Crippen LogP) is 2.91. The Morgan fingerprint density at radius 3 is 2.58 bits per heavy atom. The van der Waals surface area contributed by atoms with Crippen LogP contribution in [0.15, 0.2) is 18.2 Å². The molecule has 0 saturated heterocycles. The lowest BCUT2D eigenvalue weighted by atomic mass is 10.0. The average Bonchev–Trinajstić information content (AvgIpc) is 2.37. The van der Waals surface area contributed by atoms with Gasteiger partial charge >= 0.3 is 5.97 Å². The molecule has 19 heavy (non-hydrogen) atoms. The first kappa shape index (κ1) is 15.5. The monoisotopic (exact) mass is 265 g/mol. The largest absolute Gasteiger partial charge is 0.479 e. The van der Waals surface area contributed by atoms with Crippen molar-refractivity contribution in [3.63, 3.8) is 0 Å². The number of rotatable bonds is 7. The van der Waals surface area contributed by atoms with Crippen molar-refractivity contribution in [3.05, 3.63) is 29.3 Å². The fraction of sp³-hybridized carbons (Fsp3) is 0.533. The third-order valence-corrected chi connectivity index (χ3v) is 3.12. The third kappa shape index (κ3) is 4.24. The molecule has 1 rings (SSSR count). The van der Waals surface area contributed by atoms with E-state index in [1.807, 2.05) is 25.1 Å². The first-order valence-electron chi connectivity index (χ1n) is 6.72. The van der Waals surface area contributed by atoms with Gasteiger partial charge in [0.05, 0.1) is 0 Å². The Labute approximate surface area is 114 Å². The van der Waals surface area contributed by atoms with Gasteiger partial charge in [-0.15, -0.1) is 0 Å². The second kappa shape index (κ2) is 7.14. The maximum atomic E-state index is 11.0. The molecule has 2 N–H and O–H groups in total. The summed E-state index contributed by atoms with van der Waals surface area (Å²) in [5, 5.41) is 12.3. The van der Waals surface area contributed by atoms with Crippen LogP contribution in [0, 0.1) is 6.92 Å². The predicted molar refractivity (Wildman–Crippen MR) is 75.6 cm³/mol. The van der Waals surface area contributed by atoms with Crippen LogP contribution in [0.1, 0.15) is 44.4 Å². The lowest BCUT2D eigenvalue weighted by molar-refractivity contribution is -0.145. The van der Waals surface area contributed by atoms with Crippen LogP contribution in [0.5, 0.6) is 5.75 Å². The summed E-state index contributed by atoms with van der Waals surface area (Å²) in [5.41, 5.74) is 2.14. The summed E-state index contributed by atoms with van der Waals surface area (Å²) in [6, 6.07) is 6.14. The normalized spacial score (nSPS) is 13.9. The van der Waals surface area contributed by atoms with E-state index in [0.717, 1.165) is 12.1 Å². The van der Waals surface area contributed by atoms with Gasteiger partial charge < -0.3 is 15.2 Å². The van der Waals surface area contributed by atoms with Crippen LogP contribution in [0.3, 0.4) is 0 Å². The Kier molecular flexibility index (Phi) is 5.83. The molecule has 1 aromatic rings.